The molecule has 0 fully saturated rings. The van der Waals surface area contributed by atoms with E-state index in [0.29, 0.717) is 6.42 Å². The summed E-state index contributed by atoms with van der Waals surface area (Å²) in [6.45, 7) is 0. The van der Waals surface area contributed by atoms with E-state index >= 15 is 0 Å². The molecule has 0 saturated heterocycles. The van der Waals surface area contributed by atoms with Crippen LogP contribution in [0, 0.1) is 23.4 Å². The number of benzene rings is 2. The van der Waals surface area contributed by atoms with Crippen LogP contribution in [-0.4, -0.2) is 5.33 Å². The van der Waals surface area contributed by atoms with E-state index < -0.39 is 11.6 Å². The maximum absolute atomic E-state index is 13.2. The van der Waals surface area contributed by atoms with Gasteiger partial charge in [-0.15, -0.1) is 0 Å². The molecule has 106 valence electrons. The van der Waals surface area contributed by atoms with Gasteiger partial charge in [0.1, 0.15) is 5.82 Å². The van der Waals surface area contributed by atoms with Crippen molar-refractivity contribution >= 4 is 15.9 Å². The number of rotatable bonds is 5. The molecule has 0 aliphatic heterocycles. The molecule has 0 aliphatic carbocycles. The first-order valence-corrected chi connectivity index (χ1v) is 7.45. The van der Waals surface area contributed by atoms with Crippen LogP contribution in [0.15, 0.2) is 42.5 Å². The van der Waals surface area contributed by atoms with Crippen LogP contribution in [-0.2, 0) is 12.8 Å². The Morgan fingerprint density at radius 2 is 1.40 bits per heavy atom. The van der Waals surface area contributed by atoms with E-state index in [1.807, 2.05) is 0 Å². The summed E-state index contributed by atoms with van der Waals surface area (Å²) in [5, 5.41) is 0.739. The summed E-state index contributed by atoms with van der Waals surface area (Å²) in [6, 6.07) is 10.3. The average molecular weight is 343 g/mol. The Morgan fingerprint density at radius 3 is 2.00 bits per heavy atom. The fourth-order valence-electron chi connectivity index (χ4n) is 2.14. The summed E-state index contributed by atoms with van der Waals surface area (Å²) >= 11 is 3.44. The second-order valence-electron chi connectivity index (χ2n) is 4.80. The van der Waals surface area contributed by atoms with Gasteiger partial charge in [-0.3, -0.25) is 0 Å². The van der Waals surface area contributed by atoms with E-state index in [1.54, 1.807) is 18.2 Å². The molecule has 1 unspecified atom stereocenters. The highest BCUT2D eigenvalue weighted by atomic mass is 79.9. The smallest absolute Gasteiger partial charge is 0.159 e. The Morgan fingerprint density at radius 1 is 0.800 bits per heavy atom. The van der Waals surface area contributed by atoms with Crippen molar-refractivity contribution in [1.82, 2.24) is 0 Å². The largest absolute Gasteiger partial charge is 0.207 e. The van der Waals surface area contributed by atoms with Crippen LogP contribution < -0.4 is 0 Å². The molecule has 20 heavy (non-hydrogen) atoms. The molecule has 2 rings (SSSR count). The molecule has 0 aromatic heterocycles. The van der Waals surface area contributed by atoms with Crippen molar-refractivity contribution in [2.75, 3.05) is 5.33 Å². The van der Waals surface area contributed by atoms with E-state index in [2.05, 4.69) is 15.9 Å². The van der Waals surface area contributed by atoms with Gasteiger partial charge in [-0.2, -0.15) is 0 Å². The zero-order chi connectivity index (χ0) is 14.5. The maximum atomic E-state index is 13.2. The van der Waals surface area contributed by atoms with Gasteiger partial charge in [0.2, 0.25) is 0 Å². The molecular formula is C16H14BrF3. The normalized spacial score (nSPS) is 12.4. The summed E-state index contributed by atoms with van der Waals surface area (Å²) in [7, 11) is 0. The standard InChI is InChI=1S/C16H14BrF3/c17-10-13(7-11-1-4-14(18)5-2-11)8-12-3-6-15(19)16(20)9-12/h1-6,9,13H,7-8,10H2. The molecule has 0 spiro atoms. The molecule has 0 amide bonds. The minimum Gasteiger partial charge on any atom is -0.207 e. The SMILES string of the molecule is Fc1ccc(CC(CBr)Cc2ccc(F)c(F)c2)cc1. The first-order valence-electron chi connectivity index (χ1n) is 6.33. The summed E-state index contributed by atoms with van der Waals surface area (Å²) in [5.41, 5.74) is 1.79. The van der Waals surface area contributed by atoms with Gasteiger partial charge < -0.3 is 0 Å². The third-order valence-corrected chi connectivity index (χ3v) is 4.08. The van der Waals surface area contributed by atoms with Crippen LogP contribution in [0.25, 0.3) is 0 Å². The van der Waals surface area contributed by atoms with Crippen molar-refractivity contribution in [2.45, 2.75) is 12.8 Å². The van der Waals surface area contributed by atoms with Gasteiger partial charge in [0.25, 0.3) is 0 Å². The van der Waals surface area contributed by atoms with Crippen molar-refractivity contribution in [2.24, 2.45) is 5.92 Å². The molecular weight excluding hydrogens is 329 g/mol. The van der Waals surface area contributed by atoms with Gasteiger partial charge in [-0.1, -0.05) is 34.1 Å². The first-order chi connectivity index (χ1) is 9.58. The van der Waals surface area contributed by atoms with Gasteiger partial charge in [0.15, 0.2) is 11.6 Å². The summed E-state index contributed by atoms with van der Waals surface area (Å²) in [6.07, 6.45) is 1.39. The van der Waals surface area contributed by atoms with Crippen molar-refractivity contribution in [1.29, 1.82) is 0 Å². The van der Waals surface area contributed by atoms with Crippen LogP contribution in [0.2, 0.25) is 0 Å². The Balaban J connectivity index is 2.04. The third-order valence-electron chi connectivity index (χ3n) is 3.16. The van der Waals surface area contributed by atoms with E-state index in [1.165, 1.54) is 18.2 Å². The summed E-state index contributed by atoms with van der Waals surface area (Å²) < 4.78 is 38.9. The molecule has 0 bridgehead atoms. The van der Waals surface area contributed by atoms with Crippen molar-refractivity contribution < 1.29 is 13.2 Å². The lowest BCUT2D eigenvalue weighted by atomic mass is 9.94. The second kappa shape index (κ2) is 6.93. The average Bonchev–Trinajstić information content (AvgIpc) is 2.44. The predicted octanol–water partition coefficient (Wildman–Crippen LogP) is 4.90. The third kappa shape index (κ3) is 4.10. The van der Waals surface area contributed by atoms with E-state index in [9.17, 15) is 13.2 Å². The second-order valence-corrected chi connectivity index (χ2v) is 5.45. The Labute approximate surface area is 124 Å². The number of alkyl halides is 1. The van der Waals surface area contributed by atoms with Crippen LogP contribution in [0.5, 0.6) is 0 Å². The molecule has 0 aliphatic rings. The maximum Gasteiger partial charge on any atom is 0.159 e. The molecule has 0 saturated carbocycles. The quantitative estimate of drug-likeness (QED) is 0.678. The van der Waals surface area contributed by atoms with Crippen LogP contribution in [0.4, 0.5) is 13.2 Å². The molecule has 0 radical (unpaired) electrons. The van der Waals surface area contributed by atoms with E-state index in [0.717, 1.165) is 28.9 Å². The minimum absolute atomic E-state index is 0.241. The Kier molecular flexibility index (Phi) is 5.24. The molecule has 1 atom stereocenters. The molecule has 0 nitrogen and oxygen atoms in total. The molecule has 2 aromatic rings. The molecule has 4 heteroatoms. The van der Waals surface area contributed by atoms with Crippen molar-refractivity contribution in [3.63, 3.8) is 0 Å². The highest BCUT2D eigenvalue weighted by molar-refractivity contribution is 9.09. The summed E-state index contributed by atoms with van der Waals surface area (Å²) in [5.74, 6) is -1.67. The van der Waals surface area contributed by atoms with E-state index in [4.69, 9.17) is 0 Å². The predicted molar refractivity (Wildman–Crippen MR) is 77.5 cm³/mol. The van der Waals surface area contributed by atoms with Crippen molar-refractivity contribution in [3.8, 4) is 0 Å². The van der Waals surface area contributed by atoms with Gasteiger partial charge >= 0.3 is 0 Å². The van der Waals surface area contributed by atoms with Crippen LogP contribution in [0.3, 0.4) is 0 Å². The Bertz CT molecular complexity index is 566. The lowest BCUT2D eigenvalue weighted by molar-refractivity contribution is 0.504. The van der Waals surface area contributed by atoms with Gasteiger partial charge in [0.05, 0.1) is 0 Å². The molecule has 0 N–H and O–H groups in total. The van der Waals surface area contributed by atoms with Gasteiger partial charge in [-0.05, 0) is 54.2 Å². The lowest BCUT2D eigenvalue weighted by Gasteiger charge is -2.14. The zero-order valence-electron chi connectivity index (χ0n) is 10.8. The fraction of sp³-hybridized carbons (Fsp3) is 0.250. The van der Waals surface area contributed by atoms with E-state index in [-0.39, 0.29) is 11.7 Å². The fourth-order valence-corrected chi connectivity index (χ4v) is 2.59. The van der Waals surface area contributed by atoms with Gasteiger partial charge in [-0.25, -0.2) is 13.2 Å². The summed E-state index contributed by atoms with van der Waals surface area (Å²) in [4.78, 5) is 0. The number of hydrogen-bond acceptors (Lipinski definition) is 0. The van der Waals surface area contributed by atoms with Crippen molar-refractivity contribution in [3.05, 3.63) is 71.0 Å². The topological polar surface area (TPSA) is 0 Å². The lowest BCUT2D eigenvalue weighted by Crippen LogP contribution is -2.10. The van der Waals surface area contributed by atoms with Gasteiger partial charge in [0, 0.05) is 5.33 Å². The molecule has 0 heterocycles. The van der Waals surface area contributed by atoms with Crippen LogP contribution >= 0.6 is 15.9 Å². The first kappa shape index (κ1) is 15.1. The highest BCUT2D eigenvalue weighted by Gasteiger charge is 2.11. The highest BCUT2D eigenvalue weighted by Crippen LogP contribution is 2.19. The Hall–Kier alpha value is -1.29. The van der Waals surface area contributed by atoms with Crippen LogP contribution in [0.1, 0.15) is 11.1 Å². The minimum atomic E-state index is -0.831. The number of hydrogen-bond donors (Lipinski definition) is 0. The monoisotopic (exact) mass is 342 g/mol. The molecule has 2 aromatic carbocycles. The number of halogens is 4. The zero-order valence-corrected chi connectivity index (χ0v) is 12.3.